The molecule has 1 heterocycles. The Bertz CT molecular complexity index is 858. The van der Waals surface area contributed by atoms with E-state index in [-0.39, 0.29) is 0 Å². The van der Waals surface area contributed by atoms with Crippen LogP contribution in [0, 0.1) is 6.92 Å². The summed E-state index contributed by atoms with van der Waals surface area (Å²) < 4.78 is 0. The molecule has 1 aliphatic carbocycles. The zero-order valence-corrected chi connectivity index (χ0v) is 15.8. The molecule has 1 aromatic heterocycles. The Hall–Kier alpha value is -2.88. The third-order valence-electron chi connectivity index (χ3n) is 5.06. The van der Waals surface area contributed by atoms with Crippen molar-refractivity contribution in [2.45, 2.75) is 45.2 Å². The molecular weight excluding hydrogens is 332 g/mol. The lowest BCUT2D eigenvalue weighted by Gasteiger charge is -2.25. The standard InChI is InChI=1S/C23H26N4/c1-18-16-22(26-23(24-18)25-20-12-8-9-13-20)27(21-14-6-3-7-15-21)17-19-10-4-2-5-11-19/h2-7,10-11,14-16,20H,8-9,12-13,17H2,1H3,(H,24,25,26). The normalized spacial score (nSPS) is 14.3. The van der Waals surface area contributed by atoms with Gasteiger partial charge in [0.1, 0.15) is 5.82 Å². The highest BCUT2D eigenvalue weighted by molar-refractivity contribution is 5.61. The summed E-state index contributed by atoms with van der Waals surface area (Å²) in [6, 6.07) is 23.5. The number of rotatable bonds is 6. The highest BCUT2D eigenvalue weighted by atomic mass is 15.2. The van der Waals surface area contributed by atoms with Gasteiger partial charge in [-0.3, -0.25) is 0 Å². The minimum atomic E-state index is 0.499. The fourth-order valence-corrected chi connectivity index (χ4v) is 3.69. The van der Waals surface area contributed by atoms with Gasteiger partial charge in [-0.05, 0) is 37.5 Å². The molecule has 0 atom stereocenters. The molecule has 138 valence electrons. The predicted molar refractivity (Wildman–Crippen MR) is 111 cm³/mol. The average Bonchev–Trinajstić information content (AvgIpc) is 3.20. The summed E-state index contributed by atoms with van der Waals surface area (Å²) in [4.78, 5) is 11.8. The molecular formula is C23H26N4. The van der Waals surface area contributed by atoms with Crippen LogP contribution in [0.3, 0.4) is 0 Å². The lowest BCUT2D eigenvalue weighted by Crippen LogP contribution is -2.21. The van der Waals surface area contributed by atoms with Gasteiger partial charge in [-0.1, -0.05) is 61.4 Å². The lowest BCUT2D eigenvalue weighted by atomic mass is 10.2. The van der Waals surface area contributed by atoms with Gasteiger partial charge in [0.25, 0.3) is 0 Å². The number of benzene rings is 2. The molecule has 0 aliphatic heterocycles. The summed E-state index contributed by atoms with van der Waals surface area (Å²) in [5, 5.41) is 3.54. The lowest BCUT2D eigenvalue weighted by molar-refractivity contribution is 0.742. The smallest absolute Gasteiger partial charge is 0.225 e. The van der Waals surface area contributed by atoms with Gasteiger partial charge in [0.2, 0.25) is 5.95 Å². The average molecular weight is 358 g/mol. The van der Waals surface area contributed by atoms with Crippen LogP contribution in [-0.4, -0.2) is 16.0 Å². The van der Waals surface area contributed by atoms with Crippen LogP contribution in [0.25, 0.3) is 0 Å². The fourth-order valence-electron chi connectivity index (χ4n) is 3.69. The maximum absolute atomic E-state index is 4.87. The van der Waals surface area contributed by atoms with Crippen LogP contribution in [-0.2, 0) is 6.54 Å². The van der Waals surface area contributed by atoms with Crippen LogP contribution in [0.15, 0.2) is 66.7 Å². The first kappa shape index (κ1) is 17.5. The Labute approximate surface area is 161 Å². The van der Waals surface area contributed by atoms with E-state index in [9.17, 15) is 0 Å². The molecule has 1 fully saturated rings. The van der Waals surface area contributed by atoms with E-state index < -0.39 is 0 Å². The maximum atomic E-state index is 4.87. The monoisotopic (exact) mass is 358 g/mol. The van der Waals surface area contributed by atoms with Gasteiger partial charge in [-0.25, -0.2) is 4.98 Å². The molecule has 2 aromatic carbocycles. The van der Waals surface area contributed by atoms with Gasteiger partial charge in [0.15, 0.2) is 0 Å². The van der Waals surface area contributed by atoms with Crippen molar-refractivity contribution in [1.82, 2.24) is 9.97 Å². The molecule has 4 rings (SSSR count). The molecule has 1 N–H and O–H groups in total. The van der Waals surface area contributed by atoms with Crippen molar-refractivity contribution in [3.8, 4) is 0 Å². The molecule has 27 heavy (non-hydrogen) atoms. The molecule has 0 saturated heterocycles. The first-order valence-electron chi connectivity index (χ1n) is 9.77. The number of nitrogens with one attached hydrogen (secondary N) is 1. The Morgan fingerprint density at radius 3 is 2.30 bits per heavy atom. The summed E-state index contributed by atoms with van der Waals surface area (Å²) >= 11 is 0. The van der Waals surface area contributed by atoms with Crippen molar-refractivity contribution in [2.24, 2.45) is 0 Å². The number of para-hydroxylation sites is 1. The third kappa shape index (κ3) is 4.45. The van der Waals surface area contributed by atoms with Gasteiger partial charge in [0.05, 0.1) is 0 Å². The van der Waals surface area contributed by atoms with Crippen molar-refractivity contribution in [3.05, 3.63) is 78.0 Å². The van der Waals surface area contributed by atoms with Gasteiger partial charge < -0.3 is 10.2 Å². The quantitative estimate of drug-likeness (QED) is 0.634. The van der Waals surface area contributed by atoms with E-state index in [0.29, 0.717) is 6.04 Å². The number of hydrogen-bond donors (Lipinski definition) is 1. The molecule has 0 spiro atoms. The van der Waals surface area contributed by atoms with Gasteiger partial charge in [-0.2, -0.15) is 4.98 Å². The summed E-state index contributed by atoms with van der Waals surface area (Å²) in [5.41, 5.74) is 3.36. The Balaban J connectivity index is 1.67. The van der Waals surface area contributed by atoms with Crippen LogP contribution in [0.2, 0.25) is 0 Å². The SMILES string of the molecule is Cc1cc(N(Cc2ccccc2)c2ccccc2)nc(NC2CCCC2)n1. The van der Waals surface area contributed by atoms with Gasteiger partial charge in [-0.15, -0.1) is 0 Å². The van der Waals surface area contributed by atoms with Crippen molar-refractivity contribution in [3.63, 3.8) is 0 Å². The zero-order chi connectivity index (χ0) is 18.5. The first-order chi connectivity index (χ1) is 13.3. The van der Waals surface area contributed by atoms with E-state index in [0.717, 1.165) is 29.7 Å². The second-order valence-electron chi connectivity index (χ2n) is 7.22. The van der Waals surface area contributed by atoms with Crippen molar-refractivity contribution < 1.29 is 0 Å². The van der Waals surface area contributed by atoms with E-state index in [1.165, 1.54) is 31.2 Å². The number of anilines is 3. The molecule has 4 nitrogen and oxygen atoms in total. The minimum absolute atomic E-state index is 0.499. The predicted octanol–water partition coefficient (Wildman–Crippen LogP) is 5.48. The molecule has 0 radical (unpaired) electrons. The van der Waals surface area contributed by atoms with Crippen molar-refractivity contribution in [1.29, 1.82) is 0 Å². The fraction of sp³-hybridized carbons (Fsp3) is 0.304. The van der Waals surface area contributed by atoms with Gasteiger partial charge in [0, 0.05) is 30.0 Å². The Morgan fingerprint density at radius 2 is 1.59 bits per heavy atom. The van der Waals surface area contributed by atoms with Crippen LogP contribution >= 0.6 is 0 Å². The van der Waals surface area contributed by atoms with Crippen molar-refractivity contribution >= 4 is 17.5 Å². The number of aryl methyl sites for hydroxylation is 1. The minimum Gasteiger partial charge on any atom is -0.351 e. The zero-order valence-electron chi connectivity index (χ0n) is 15.8. The largest absolute Gasteiger partial charge is 0.351 e. The molecule has 3 aromatic rings. The third-order valence-corrected chi connectivity index (χ3v) is 5.06. The van der Waals surface area contributed by atoms with Crippen LogP contribution in [0.5, 0.6) is 0 Å². The van der Waals surface area contributed by atoms with E-state index in [1.54, 1.807) is 0 Å². The van der Waals surface area contributed by atoms with E-state index >= 15 is 0 Å². The van der Waals surface area contributed by atoms with E-state index in [4.69, 9.17) is 4.98 Å². The first-order valence-corrected chi connectivity index (χ1v) is 9.77. The molecule has 1 saturated carbocycles. The molecule has 0 bridgehead atoms. The molecule has 1 aliphatic rings. The molecule has 4 heteroatoms. The van der Waals surface area contributed by atoms with Crippen LogP contribution < -0.4 is 10.2 Å². The maximum Gasteiger partial charge on any atom is 0.225 e. The summed E-state index contributed by atoms with van der Waals surface area (Å²) in [6.07, 6.45) is 5.00. The Morgan fingerprint density at radius 1 is 0.926 bits per heavy atom. The second kappa shape index (κ2) is 8.21. The van der Waals surface area contributed by atoms with Crippen molar-refractivity contribution in [2.75, 3.05) is 10.2 Å². The second-order valence-corrected chi connectivity index (χ2v) is 7.22. The number of nitrogens with zero attached hydrogens (tertiary/aromatic N) is 3. The number of aromatic nitrogens is 2. The number of hydrogen-bond acceptors (Lipinski definition) is 4. The summed E-state index contributed by atoms with van der Waals surface area (Å²) in [6.45, 7) is 2.81. The molecule has 0 unspecified atom stereocenters. The van der Waals surface area contributed by atoms with E-state index in [1.807, 2.05) is 13.0 Å². The van der Waals surface area contributed by atoms with Crippen LogP contribution in [0.1, 0.15) is 36.9 Å². The highest BCUT2D eigenvalue weighted by Gasteiger charge is 2.18. The molecule has 0 amide bonds. The summed E-state index contributed by atoms with van der Waals surface area (Å²) in [7, 11) is 0. The summed E-state index contributed by atoms with van der Waals surface area (Å²) in [5.74, 6) is 1.67. The Kier molecular flexibility index (Phi) is 5.33. The highest BCUT2D eigenvalue weighted by Crippen LogP contribution is 2.28. The topological polar surface area (TPSA) is 41.1 Å². The van der Waals surface area contributed by atoms with Gasteiger partial charge >= 0.3 is 0 Å². The van der Waals surface area contributed by atoms with Crippen LogP contribution in [0.4, 0.5) is 17.5 Å². The van der Waals surface area contributed by atoms with E-state index in [2.05, 4.69) is 75.9 Å².